The van der Waals surface area contributed by atoms with Crippen LogP contribution in [-0.4, -0.2) is 31.0 Å². The molecule has 1 N–H and O–H groups in total. The number of methoxy groups -OCH3 is 1. The van der Waals surface area contributed by atoms with Crippen molar-refractivity contribution in [3.8, 4) is 17.6 Å². The van der Waals surface area contributed by atoms with Crippen LogP contribution in [0.25, 0.3) is 0 Å². The lowest BCUT2D eigenvalue weighted by Gasteiger charge is -2.35. The van der Waals surface area contributed by atoms with Crippen LogP contribution in [0.15, 0.2) is 24.3 Å². The molecule has 0 amide bonds. The molecule has 1 aromatic carbocycles. The fourth-order valence-electron chi connectivity index (χ4n) is 2.21. The zero-order chi connectivity index (χ0) is 17.1. The van der Waals surface area contributed by atoms with Crippen molar-refractivity contribution in [2.24, 2.45) is 10.8 Å². The van der Waals surface area contributed by atoms with Gasteiger partial charge >= 0.3 is 0 Å². The molecular formula is C20H28O3. The van der Waals surface area contributed by atoms with Gasteiger partial charge in [0.1, 0.15) is 11.9 Å². The number of rotatable bonds is 5. The summed E-state index contributed by atoms with van der Waals surface area (Å²) in [4.78, 5) is 0. The zero-order valence-corrected chi connectivity index (χ0v) is 14.8. The molecule has 0 aromatic heterocycles. The molecule has 0 heterocycles. The summed E-state index contributed by atoms with van der Waals surface area (Å²) in [6, 6.07) is 7.90. The van der Waals surface area contributed by atoms with E-state index in [0.717, 1.165) is 24.2 Å². The Bertz CT molecular complexity index is 569. The van der Waals surface area contributed by atoms with Crippen LogP contribution in [0, 0.1) is 22.7 Å². The van der Waals surface area contributed by atoms with E-state index in [1.165, 1.54) is 0 Å². The molecule has 1 aliphatic rings. The van der Waals surface area contributed by atoms with Gasteiger partial charge in [0.25, 0.3) is 0 Å². The monoisotopic (exact) mass is 316 g/mol. The molecule has 0 saturated heterocycles. The summed E-state index contributed by atoms with van der Waals surface area (Å²) in [7, 11) is 1.74. The van der Waals surface area contributed by atoms with E-state index in [-0.39, 0.29) is 23.5 Å². The Labute approximate surface area is 140 Å². The van der Waals surface area contributed by atoms with Gasteiger partial charge in [-0.05, 0) is 38.1 Å². The first-order chi connectivity index (χ1) is 10.8. The Morgan fingerprint density at radius 1 is 1.09 bits per heavy atom. The van der Waals surface area contributed by atoms with Crippen LogP contribution >= 0.6 is 0 Å². The van der Waals surface area contributed by atoms with Crippen LogP contribution in [0.1, 0.15) is 46.1 Å². The maximum Gasteiger partial charge on any atom is 0.119 e. The minimum absolute atomic E-state index is 0.116. The zero-order valence-electron chi connectivity index (χ0n) is 14.8. The number of benzene rings is 1. The van der Waals surface area contributed by atoms with E-state index in [0.29, 0.717) is 6.10 Å². The largest absolute Gasteiger partial charge is 0.490 e. The van der Waals surface area contributed by atoms with Crippen molar-refractivity contribution in [1.82, 2.24) is 0 Å². The SMILES string of the molecule is COC1CC(Oc2ccc(C#CC(C)(C)C(C)(C)CO)cc2)C1. The molecule has 1 fully saturated rings. The fraction of sp³-hybridized carbons (Fsp3) is 0.600. The average Bonchev–Trinajstić information content (AvgIpc) is 2.49. The van der Waals surface area contributed by atoms with Gasteiger partial charge in [-0.3, -0.25) is 0 Å². The molecule has 0 spiro atoms. The number of hydrogen-bond acceptors (Lipinski definition) is 3. The fourth-order valence-corrected chi connectivity index (χ4v) is 2.21. The Morgan fingerprint density at radius 2 is 1.70 bits per heavy atom. The van der Waals surface area contributed by atoms with Crippen molar-refractivity contribution in [3.63, 3.8) is 0 Å². The Balaban J connectivity index is 1.97. The third-order valence-corrected chi connectivity index (χ3v) is 5.15. The minimum Gasteiger partial charge on any atom is -0.490 e. The third kappa shape index (κ3) is 4.28. The van der Waals surface area contributed by atoms with Crippen LogP contribution in [0.5, 0.6) is 5.75 Å². The van der Waals surface area contributed by atoms with Gasteiger partial charge in [0.15, 0.2) is 0 Å². The molecule has 23 heavy (non-hydrogen) atoms. The molecule has 0 bridgehead atoms. The summed E-state index contributed by atoms with van der Waals surface area (Å²) < 4.78 is 11.2. The van der Waals surface area contributed by atoms with Crippen LogP contribution in [0.4, 0.5) is 0 Å². The first-order valence-corrected chi connectivity index (χ1v) is 8.21. The predicted molar refractivity (Wildman–Crippen MR) is 92.4 cm³/mol. The van der Waals surface area contributed by atoms with Gasteiger partial charge < -0.3 is 14.6 Å². The van der Waals surface area contributed by atoms with Gasteiger partial charge in [-0.2, -0.15) is 0 Å². The summed E-state index contributed by atoms with van der Waals surface area (Å²) in [5.41, 5.74) is 0.450. The van der Waals surface area contributed by atoms with Gasteiger partial charge in [0.05, 0.1) is 6.10 Å². The van der Waals surface area contributed by atoms with Crippen molar-refractivity contribution in [2.45, 2.75) is 52.7 Å². The predicted octanol–water partition coefficient (Wildman–Crippen LogP) is 3.64. The molecule has 2 rings (SSSR count). The topological polar surface area (TPSA) is 38.7 Å². The number of ether oxygens (including phenoxy) is 2. The van der Waals surface area contributed by atoms with Gasteiger partial charge in [-0.25, -0.2) is 0 Å². The van der Waals surface area contributed by atoms with Crippen molar-refractivity contribution in [3.05, 3.63) is 29.8 Å². The van der Waals surface area contributed by atoms with E-state index in [4.69, 9.17) is 9.47 Å². The Kier molecular flexibility index (Phi) is 5.39. The van der Waals surface area contributed by atoms with E-state index in [1.54, 1.807) is 7.11 Å². The first kappa shape index (κ1) is 17.8. The van der Waals surface area contributed by atoms with Crippen LogP contribution in [0.2, 0.25) is 0 Å². The molecule has 0 radical (unpaired) electrons. The highest BCUT2D eigenvalue weighted by atomic mass is 16.5. The van der Waals surface area contributed by atoms with Crippen molar-refractivity contribution >= 4 is 0 Å². The van der Waals surface area contributed by atoms with Crippen LogP contribution < -0.4 is 4.74 Å². The van der Waals surface area contributed by atoms with E-state index >= 15 is 0 Å². The van der Waals surface area contributed by atoms with Gasteiger partial charge in [0, 0.05) is 43.0 Å². The lowest BCUT2D eigenvalue weighted by atomic mass is 9.69. The number of aliphatic hydroxyl groups is 1. The molecule has 1 saturated carbocycles. The quantitative estimate of drug-likeness (QED) is 0.843. The standard InChI is InChI=1S/C20H28O3/c1-19(2,20(3,4)14-21)11-10-15-6-8-16(9-7-15)23-18-12-17(13-18)22-5/h6-9,17-18,21H,12-14H2,1-5H3. The van der Waals surface area contributed by atoms with Crippen molar-refractivity contribution in [2.75, 3.05) is 13.7 Å². The molecule has 1 aromatic rings. The maximum atomic E-state index is 9.52. The second-order valence-electron chi connectivity index (χ2n) is 7.51. The molecular weight excluding hydrogens is 288 g/mol. The van der Waals surface area contributed by atoms with Crippen molar-refractivity contribution < 1.29 is 14.6 Å². The molecule has 3 nitrogen and oxygen atoms in total. The summed E-state index contributed by atoms with van der Waals surface area (Å²) in [5, 5.41) is 9.52. The highest BCUT2D eigenvalue weighted by Crippen LogP contribution is 2.37. The third-order valence-electron chi connectivity index (χ3n) is 5.15. The summed E-state index contributed by atoms with van der Waals surface area (Å²) in [5.74, 6) is 7.39. The molecule has 3 heteroatoms. The normalized spacial score (nSPS) is 21.1. The number of aliphatic hydroxyl groups excluding tert-OH is 1. The van der Waals surface area contributed by atoms with E-state index < -0.39 is 0 Å². The van der Waals surface area contributed by atoms with Crippen molar-refractivity contribution in [1.29, 1.82) is 0 Å². The maximum absolute atomic E-state index is 9.52. The first-order valence-electron chi connectivity index (χ1n) is 8.21. The highest BCUT2D eigenvalue weighted by Gasteiger charge is 2.35. The molecule has 1 aliphatic carbocycles. The van der Waals surface area contributed by atoms with Crippen LogP contribution in [0.3, 0.4) is 0 Å². The summed E-state index contributed by atoms with van der Waals surface area (Å²) in [6.45, 7) is 8.31. The van der Waals surface area contributed by atoms with Gasteiger partial charge in [0.2, 0.25) is 0 Å². The Hall–Kier alpha value is -1.50. The van der Waals surface area contributed by atoms with E-state index in [2.05, 4.69) is 25.7 Å². The smallest absolute Gasteiger partial charge is 0.119 e. The molecule has 126 valence electrons. The number of hydrogen-bond donors (Lipinski definition) is 1. The molecule has 0 atom stereocenters. The van der Waals surface area contributed by atoms with E-state index in [1.807, 2.05) is 38.1 Å². The Morgan fingerprint density at radius 3 is 2.22 bits per heavy atom. The lowest BCUT2D eigenvalue weighted by molar-refractivity contribution is -0.0381. The second kappa shape index (κ2) is 6.95. The lowest BCUT2D eigenvalue weighted by Crippen LogP contribution is -2.38. The minimum atomic E-state index is -0.266. The van der Waals surface area contributed by atoms with Gasteiger partial charge in [-0.1, -0.05) is 25.7 Å². The molecule has 0 aliphatic heterocycles. The second-order valence-corrected chi connectivity index (χ2v) is 7.51. The van der Waals surface area contributed by atoms with Gasteiger partial charge in [-0.15, -0.1) is 0 Å². The van der Waals surface area contributed by atoms with Crippen LogP contribution in [-0.2, 0) is 4.74 Å². The average molecular weight is 316 g/mol. The summed E-state index contributed by atoms with van der Waals surface area (Å²) in [6.07, 6.45) is 2.54. The van der Waals surface area contributed by atoms with E-state index in [9.17, 15) is 5.11 Å². The molecule has 0 unspecified atom stereocenters. The summed E-state index contributed by atoms with van der Waals surface area (Å²) >= 11 is 0. The highest BCUT2D eigenvalue weighted by molar-refractivity contribution is 5.39.